The number of piperazine rings is 2. The number of carbonyl (C=O) groups is 2. The minimum atomic E-state index is -1.55. The summed E-state index contributed by atoms with van der Waals surface area (Å²) in [5.74, 6) is 0.282. The Balaban J connectivity index is 0.800. The van der Waals surface area contributed by atoms with Crippen LogP contribution in [0, 0.1) is 5.82 Å². The van der Waals surface area contributed by atoms with Crippen LogP contribution in [0.15, 0.2) is 126 Å². The monoisotopic (exact) mass is 968 g/mol. The third-order valence-electron chi connectivity index (χ3n) is 13.9. The number of allylic oxidation sites excluding steroid dienone is 3. The molecule has 0 spiro atoms. The molecule has 4 aliphatic rings. The highest BCUT2D eigenvalue weighted by atomic mass is 19.1. The van der Waals surface area contributed by atoms with Gasteiger partial charge in [0.05, 0.1) is 29.9 Å². The molecule has 10 rings (SSSR count). The number of nitrogens with zero attached hydrogens (tertiary/aromatic N) is 5. The Hall–Kier alpha value is -7.70. The maximum Gasteiger partial charge on any atom is 0.511 e. The Kier molecular flexibility index (Phi) is 13.2. The number of aryl methyl sites for hydroxylation is 1. The number of fused-ring (bicyclic) bond motifs is 4. The van der Waals surface area contributed by atoms with E-state index in [-0.39, 0.29) is 11.3 Å². The summed E-state index contributed by atoms with van der Waals surface area (Å²) in [6, 6.07) is 17.7. The zero-order valence-corrected chi connectivity index (χ0v) is 39.2. The molecule has 0 amide bonds. The minimum Gasteiger partial charge on any atom is -0.497 e. The van der Waals surface area contributed by atoms with Gasteiger partial charge in [-0.3, -0.25) is 14.8 Å². The molecule has 3 aliphatic heterocycles. The summed E-state index contributed by atoms with van der Waals surface area (Å²) in [5.41, 5.74) is 4.27. The van der Waals surface area contributed by atoms with Gasteiger partial charge in [0.25, 0.3) is 0 Å². The van der Waals surface area contributed by atoms with Gasteiger partial charge in [-0.25, -0.2) is 23.6 Å². The molecule has 0 saturated carbocycles. The Morgan fingerprint density at radius 1 is 0.732 bits per heavy atom. The van der Waals surface area contributed by atoms with E-state index in [2.05, 4.69) is 24.6 Å². The van der Waals surface area contributed by atoms with Gasteiger partial charge in [-0.1, -0.05) is 0 Å². The van der Waals surface area contributed by atoms with Crippen molar-refractivity contribution in [3.05, 3.63) is 140 Å². The second kappa shape index (κ2) is 20.0. The largest absolute Gasteiger partial charge is 0.511 e. The van der Waals surface area contributed by atoms with Gasteiger partial charge in [-0.2, -0.15) is 0 Å². The molecule has 3 aromatic carbocycles. The van der Waals surface area contributed by atoms with E-state index in [4.69, 9.17) is 28.0 Å². The van der Waals surface area contributed by atoms with E-state index in [9.17, 15) is 33.8 Å². The number of aromatic nitrogens is 1. The van der Waals surface area contributed by atoms with Crippen molar-refractivity contribution in [1.82, 2.24) is 14.8 Å². The lowest BCUT2D eigenvalue weighted by Gasteiger charge is -2.36. The number of unbranched alkanes of at least 4 members (excludes halogenated alkanes) is 2. The number of ether oxygens (including phenoxy) is 3. The number of benzene rings is 3. The number of anilines is 2. The lowest BCUT2D eigenvalue weighted by atomic mass is 9.83. The first-order valence-electron chi connectivity index (χ1n) is 23.9. The number of aromatic amines is 1. The van der Waals surface area contributed by atoms with Gasteiger partial charge in [0.2, 0.25) is 0 Å². The summed E-state index contributed by atoms with van der Waals surface area (Å²) in [4.78, 5) is 66.3. The Bertz CT molecular complexity index is 3280. The first-order valence-corrected chi connectivity index (χ1v) is 23.9. The van der Waals surface area contributed by atoms with Crippen molar-refractivity contribution in [3.63, 3.8) is 0 Å². The first kappa shape index (κ1) is 47.0. The van der Waals surface area contributed by atoms with Crippen LogP contribution in [0.2, 0.25) is 0 Å². The number of rotatable bonds is 16. The Labute approximate surface area is 406 Å². The van der Waals surface area contributed by atoms with Crippen molar-refractivity contribution < 1.29 is 47.2 Å². The molecule has 2 saturated heterocycles. The average Bonchev–Trinajstić information content (AvgIpc) is 3.93. The number of H-pyrrole nitrogens is 1. The highest BCUT2D eigenvalue weighted by Gasteiger charge is 2.41. The van der Waals surface area contributed by atoms with Crippen LogP contribution in [0.5, 0.6) is 11.5 Å². The molecule has 1 unspecified atom stereocenters. The predicted molar refractivity (Wildman–Crippen MR) is 266 cm³/mol. The summed E-state index contributed by atoms with van der Waals surface area (Å²) >= 11 is 0. The Morgan fingerprint density at radius 2 is 1.35 bits per heavy atom. The first-order chi connectivity index (χ1) is 34.4. The standard InChI is InChI=1S/C53H53FN6O11/c1-67-35-9-12-39-45(30-49(62)70-47(39)28-35)60-24-18-57(19-25-60)16-4-2-6-33-32-55-42-14-15-53(31-41(33)42,71-52(65)66)50-37(40-27-36(68-51(63)64)10-13-43(40)56-50)7-3-5-17-58-20-22-59(23-21-58)44-29-48(61)69-46-26-34(54)8-11-38(44)46/h8-15,26-32,56H,2-7,16-25H2,1H3,(H,63,64)(H,65,66). The molecule has 71 heavy (non-hydrogen) atoms. The van der Waals surface area contributed by atoms with Crippen LogP contribution in [0.1, 0.15) is 43.4 Å². The van der Waals surface area contributed by atoms with Gasteiger partial charge < -0.3 is 48.0 Å². The van der Waals surface area contributed by atoms with Crippen LogP contribution in [0.3, 0.4) is 0 Å². The highest BCUT2D eigenvalue weighted by Crippen LogP contribution is 2.43. The normalized spacial score (nSPS) is 18.4. The number of hydrogen-bond acceptors (Lipinski definition) is 14. The van der Waals surface area contributed by atoms with Gasteiger partial charge in [0, 0.05) is 110 Å². The molecule has 3 aromatic heterocycles. The molecule has 0 bridgehead atoms. The average molecular weight is 969 g/mol. The molecule has 3 N–H and O–H groups in total. The van der Waals surface area contributed by atoms with E-state index < -0.39 is 35.0 Å². The maximum atomic E-state index is 13.9. The van der Waals surface area contributed by atoms with E-state index >= 15 is 0 Å². The van der Waals surface area contributed by atoms with Crippen molar-refractivity contribution in [3.8, 4) is 11.5 Å². The quantitative estimate of drug-likeness (QED) is 0.0360. The smallest absolute Gasteiger partial charge is 0.497 e. The number of halogens is 1. The molecule has 18 heteroatoms. The fourth-order valence-corrected chi connectivity index (χ4v) is 10.4. The second-order valence-corrected chi connectivity index (χ2v) is 18.3. The van der Waals surface area contributed by atoms with Crippen LogP contribution in [-0.4, -0.2) is 116 Å². The lowest BCUT2D eigenvalue weighted by molar-refractivity contribution is 0.0314. The van der Waals surface area contributed by atoms with Crippen LogP contribution in [0.25, 0.3) is 32.8 Å². The molecule has 368 valence electrons. The highest BCUT2D eigenvalue weighted by molar-refractivity contribution is 6.14. The fourth-order valence-electron chi connectivity index (χ4n) is 10.4. The number of nitrogens with one attached hydrogen (secondary N) is 1. The van der Waals surface area contributed by atoms with E-state index in [1.165, 1.54) is 18.2 Å². The summed E-state index contributed by atoms with van der Waals surface area (Å²) in [5, 5.41) is 22.0. The van der Waals surface area contributed by atoms with E-state index in [1.807, 2.05) is 24.4 Å². The molecule has 1 aliphatic carbocycles. The molecular weight excluding hydrogens is 916 g/mol. The second-order valence-electron chi connectivity index (χ2n) is 18.3. The summed E-state index contributed by atoms with van der Waals surface area (Å²) < 4.78 is 40.9. The Morgan fingerprint density at radius 3 is 1.99 bits per heavy atom. The van der Waals surface area contributed by atoms with E-state index in [0.717, 1.165) is 111 Å². The van der Waals surface area contributed by atoms with Crippen LogP contribution in [-0.2, 0) is 16.8 Å². The van der Waals surface area contributed by atoms with Crippen molar-refractivity contribution in [2.75, 3.05) is 82.4 Å². The van der Waals surface area contributed by atoms with Gasteiger partial charge in [0.15, 0.2) is 5.60 Å². The van der Waals surface area contributed by atoms with Crippen LogP contribution < -0.4 is 30.5 Å². The molecule has 1 atom stereocenters. The van der Waals surface area contributed by atoms with Gasteiger partial charge in [-0.05, 0) is 123 Å². The minimum absolute atomic E-state index is 0.132. The van der Waals surface area contributed by atoms with Gasteiger partial charge >= 0.3 is 23.6 Å². The molecular formula is C53H53FN6O11. The SMILES string of the molecule is COc1ccc2c(N3CCN(CCCCC4=CN=C5C=CC(OC(=O)O)(c6[nH]c7ccc(OC(=O)O)cc7c6CCCCN6CCN(c7cc(=O)oc8cc(F)ccc78)CC6)C=C45)CC3)cc(=O)oc2c1. The van der Waals surface area contributed by atoms with Crippen molar-refractivity contribution in [2.45, 2.75) is 44.1 Å². The van der Waals surface area contributed by atoms with Gasteiger partial charge in [-0.15, -0.1) is 0 Å². The van der Waals surface area contributed by atoms with Crippen LogP contribution >= 0.6 is 0 Å². The third-order valence-corrected chi connectivity index (χ3v) is 13.9. The summed E-state index contributed by atoms with van der Waals surface area (Å²) in [7, 11) is 1.58. The molecule has 17 nitrogen and oxygen atoms in total. The summed E-state index contributed by atoms with van der Waals surface area (Å²) in [6.07, 6.45) is 8.82. The third kappa shape index (κ3) is 10.0. The molecule has 6 heterocycles. The van der Waals surface area contributed by atoms with Crippen molar-refractivity contribution in [1.29, 1.82) is 0 Å². The zero-order chi connectivity index (χ0) is 49.2. The molecule has 0 radical (unpaired) electrons. The van der Waals surface area contributed by atoms with Crippen LogP contribution in [0.4, 0.5) is 25.4 Å². The maximum absolute atomic E-state index is 13.9. The summed E-state index contributed by atoms with van der Waals surface area (Å²) in [6.45, 7) is 7.70. The number of hydrogen-bond donors (Lipinski definition) is 3. The lowest BCUT2D eigenvalue weighted by Crippen LogP contribution is -2.46. The predicted octanol–water partition coefficient (Wildman–Crippen LogP) is 8.45. The topological polar surface area (TPSA) is 204 Å². The number of aliphatic imine (C=N–C) groups is 1. The fraction of sp³-hybridized carbons (Fsp3) is 0.340. The van der Waals surface area contributed by atoms with Crippen molar-refractivity contribution in [2.24, 2.45) is 4.99 Å². The molecule has 2 fully saturated rings. The number of carboxylic acid groups (broad SMARTS) is 2. The van der Waals surface area contributed by atoms with E-state index in [1.54, 1.807) is 55.7 Å². The van der Waals surface area contributed by atoms with Gasteiger partial charge in [0.1, 0.15) is 28.5 Å². The van der Waals surface area contributed by atoms with E-state index in [0.29, 0.717) is 65.7 Å². The molecule has 6 aromatic rings. The zero-order valence-electron chi connectivity index (χ0n) is 39.2. The number of methoxy groups -OCH3 is 1. The van der Waals surface area contributed by atoms with Crippen molar-refractivity contribution >= 4 is 62.2 Å².